The molecule has 0 aliphatic carbocycles. The van der Waals surface area contributed by atoms with Crippen molar-refractivity contribution in [2.75, 3.05) is 21.1 Å². The molecule has 1 aliphatic rings. The molecular weight excluding hydrogens is 180 g/mol. The third kappa shape index (κ3) is 1.54. The van der Waals surface area contributed by atoms with E-state index in [2.05, 4.69) is 22.5 Å². The summed E-state index contributed by atoms with van der Waals surface area (Å²) in [5.41, 5.74) is 0. The highest BCUT2D eigenvalue weighted by Gasteiger charge is 2.44. The molecule has 0 radical (unpaired) electrons. The zero-order valence-electron chi connectivity index (χ0n) is 8.87. The van der Waals surface area contributed by atoms with Crippen LogP contribution in [0.15, 0.2) is 12.8 Å². The van der Waals surface area contributed by atoms with E-state index in [1.165, 1.54) is 0 Å². The second-order valence-electron chi connectivity index (χ2n) is 3.24. The third-order valence-corrected chi connectivity index (χ3v) is 2.66. The topological polar surface area (TPSA) is 56.4 Å². The van der Waals surface area contributed by atoms with Crippen LogP contribution in [0.1, 0.15) is 0 Å². The molecular formula is C9H18N4O. The lowest BCUT2D eigenvalue weighted by atomic mass is 10.1. The second-order valence-corrected chi connectivity index (χ2v) is 3.24. The van der Waals surface area contributed by atoms with Gasteiger partial charge in [0.1, 0.15) is 12.2 Å². The molecule has 1 saturated heterocycles. The number of carbonyl (C=O) groups is 1. The van der Waals surface area contributed by atoms with Crippen molar-refractivity contribution in [1.82, 2.24) is 20.9 Å². The van der Waals surface area contributed by atoms with Crippen LogP contribution < -0.4 is 16.0 Å². The van der Waals surface area contributed by atoms with Gasteiger partial charge in [0.05, 0.1) is 6.04 Å². The third-order valence-electron chi connectivity index (χ3n) is 2.66. The summed E-state index contributed by atoms with van der Waals surface area (Å²) in [6, 6.07) is -0.147. The van der Waals surface area contributed by atoms with Gasteiger partial charge in [-0.15, -0.1) is 0 Å². The fraction of sp³-hybridized carbons (Fsp3) is 0.667. The van der Waals surface area contributed by atoms with Gasteiger partial charge >= 0.3 is 0 Å². The van der Waals surface area contributed by atoms with Crippen LogP contribution in [0.2, 0.25) is 0 Å². The van der Waals surface area contributed by atoms with Crippen LogP contribution in [0.4, 0.5) is 0 Å². The molecule has 1 fully saturated rings. The van der Waals surface area contributed by atoms with Gasteiger partial charge in [-0.1, -0.05) is 6.58 Å². The van der Waals surface area contributed by atoms with Gasteiger partial charge in [0, 0.05) is 6.20 Å². The Kier molecular flexibility index (Phi) is 3.62. The molecule has 0 aromatic carbocycles. The van der Waals surface area contributed by atoms with Crippen LogP contribution in [0.5, 0.6) is 0 Å². The van der Waals surface area contributed by atoms with Crippen molar-refractivity contribution in [3.63, 3.8) is 0 Å². The smallest absolute Gasteiger partial charge is 0.246 e. The first-order chi connectivity index (χ1) is 6.71. The van der Waals surface area contributed by atoms with Crippen LogP contribution >= 0.6 is 0 Å². The number of hydrogen-bond acceptors (Lipinski definition) is 4. The Morgan fingerprint density at radius 2 is 1.93 bits per heavy atom. The van der Waals surface area contributed by atoms with E-state index in [1.807, 2.05) is 14.1 Å². The van der Waals surface area contributed by atoms with Gasteiger partial charge in [0.25, 0.3) is 0 Å². The van der Waals surface area contributed by atoms with Gasteiger partial charge in [-0.3, -0.25) is 10.1 Å². The maximum absolute atomic E-state index is 11.8. The first-order valence-electron chi connectivity index (χ1n) is 4.67. The molecule has 1 rings (SSSR count). The van der Waals surface area contributed by atoms with Crippen LogP contribution in [-0.2, 0) is 4.79 Å². The molecule has 3 N–H and O–H groups in total. The minimum absolute atomic E-state index is 0.0394. The van der Waals surface area contributed by atoms with Gasteiger partial charge in [-0.2, -0.15) is 0 Å². The molecule has 0 bridgehead atoms. The first kappa shape index (κ1) is 11.2. The van der Waals surface area contributed by atoms with E-state index in [4.69, 9.17) is 0 Å². The van der Waals surface area contributed by atoms with E-state index in [9.17, 15) is 4.79 Å². The van der Waals surface area contributed by atoms with E-state index in [1.54, 1.807) is 18.1 Å². The van der Waals surface area contributed by atoms with Crippen molar-refractivity contribution in [1.29, 1.82) is 0 Å². The summed E-state index contributed by atoms with van der Waals surface area (Å²) in [6.07, 6.45) is 1.52. The Morgan fingerprint density at radius 1 is 1.29 bits per heavy atom. The van der Waals surface area contributed by atoms with Crippen molar-refractivity contribution in [2.24, 2.45) is 0 Å². The number of nitrogens with one attached hydrogen (secondary N) is 3. The fourth-order valence-corrected chi connectivity index (χ4v) is 1.96. The molecule has 0 aromatic rings. The highest BCUT2D eigenvalue weighted by Crippen LogP contribution is 2.17. The number of likely N-dealkylation sites (tertiary alicyclic amines) is 1. The molecule has 3 unspecified atom stereocenters. The fourth-order valence-electron chi connectivity index (χ4n) is 1.96. The van der Waals surface area contributed by atoms with Crippen molar-refractivity contribution >= 4 is 5.91 Å². The van der Waals surface area contributed by atoms with Crippen molar-refractivity contribution < 1.29 is 4.79 Å². The largest absolute Gasteiger partial charge is 0.312 e. The Bertz CT molecular complexity index is 231. The highest BCUT2D eigenvalue weighted by atomic mass is 16.2. The van der Waals surface area contributed by atoms with Gasteiger partial charge in [0.15, 0.2) is 0 Å². The molecule has 5 heteroatoms. The molecule has 1 heterocycles. The predicted molar refractivity (Wildman–Crippen MR) is 55.6 cm³/mol. The first-order valence-corrected chi connectivity index (χ1v) is 4.67. The maximum atomic E-state index is 11.8. The Labute approximate surface area is 84.5 Å². The molecule has 1 amide bonds. The molecule has 0 spiro atoms. The number of hydrogen-bond donors (Lipinski definition) is 3. The van der Waals surface area contributed by atoms with E-state index in [0.29, 0.717) is 0 Å². The average molecular weight is 198 g/mol. The van der Waals surface area contributed by atoms with Crippen molar-refractivity contribution in [3.05, 3.63) is 12.8 Å². The summed E-state index contributed by atoms with van der Waals surface area (Å²) < 4.78 is 0. The highest BCUT2D eigenvalue weighted by molar-refractivity contribution is 5.86. The normalized spacial score (nSPS) is 32.4. The van der Waals surface area contributed by atoms with E-state index in [0.717, 1.165) is 0 Å². The summed E-state index contributed by atoms with van der Waals surface area (Å²) in [5.74, 6) is 0.0428. The lowest BCUT2D eigenvalue weighted by Gasteiger charge is -2.24. The number of nitrogens with zero attached hydrogens (tertiary/aromatic N) is 1. The average Bonchev–Trinajstić information content (AvgIpc) is 2.48. The summed E-state index contributed by atoms with van der Waals surface area (Å²) in [5, 5.41) is 9.22. The van der Waals surface area contributed by atoms with Crippen LogP contribution in [0.3, 0.4) is 0 Å². The molecule has 3 atom stereocenters. The number of rotatable bonds is 4. The van der Waals surface area contributed by atoms with Gasteiger partial charge in [-0.25, -0.2) is 0 Å². The molecule has 1 aliphatic heterocycles. The quantitative estimate of drug-likeness (QED) is 0.525. The minimum atomic E-state index is -0.199. The SMILES string of the molecule is C=CN1C(=O)C(NC)C(NC)C1NC. The number of likely N-dealkylation sites (N-methyl/N-ethyl adjacent to an activating group) is 3. The summed E-state index contributed by atoms with van der Waals surface area (Å²) in [4.78, 5) is 13.4. The summed E-state index contributed by atoms with van der Waals surface area (Å²) >= 11 is 0. The van der Waals surface area contributed by atoms with Crippen molar-refractivity contribution in [3.8, 4) is 0 Å². The zero-order valence-corrected chi connectivity index (χ0v) is 8.87. The number of carbonyl (C=O) groups excluding carboxylic acids is 1. The molecule has 0 saturated carbocycles. The molecule has 5 nitrogen and oxygen atoms in total. The lowest BCUT2D eigenvalue weighted by Crippen LogP contribution is -2.52. The minimum Gasteiger partial charge on any atom is -0.312 e. The van der Waals surface area contributed by atoms with E-state index >= 15 is 0 Å². The monoisotopic (exact) mass is 198 g/mol. The summed E-state index contributed by atoms with van der Waals surface area (Å²) in [7, 11) is 5.46. The standard InChI is InChI=1S/C9H18N4O/c1-5-13-8(12-4)6(10-2)7(11-3)9(13)14/h5-8,10-12H,1H2,2-4H3. The molecule has 80 valence electrons. The van der Waals surface area contributed by atoms with Gasteiger partial charge < -0.3 is 15.5 Å². The summed E-state index contributed by atoms with van der Waals surface area (Å²) in [6.45, 7) is 3.64. The van der Waals surface area contributed by atoms with E-state index in [-0.39, 0.29) is 24.2 Å². The second kappa shape index (κ2) is 4.54. The molecule has 14 heavy (non-hydrogen) atoms. The maximum Gasteiger partial charge on any atom is 0.246 e. The zero-order chi connectivity index (χ0) is 10.7. The Balaban J connectivity index is 2.92. The molecule has 0 aromatic heterocycles. The van der Waals surface area contributed by atoms with Gasteiger partial charge in [0.2, 0.25) is 5.91 Å². The van der Waals surface area contributed by atoms with Crippen LogP contribution in [0.25, 0.3) is 0 Å². The predicted octanol–water partition coefficient (Wildman–Crippen LogP) is -1.31. The lowest BCUT2D eigenvalue weighted by molar-refractivity contribution is -0.128. The van der Waals surface area contributed by atoms with E-state index < -0.39 is 0 Å². The van der Waals surface area contributed by atoms with Crippen molar-refractivity contribution in [2.45, 2.75) is 18.2 Å². The van der Waals surface area contributed by atoms with Gasteiger partial charge in [-0.05, 0) is 21.1 Å². The Hall–Kier alpha value is -0.910. The number of amides is 1. The van der Waals surface area contributed by atoms with Crippen LogP contribution in [0, 0.1) is 0 Å². The Morgan fingerprint density at radius 3 is 2.29 bits per heavy atom. The van der Waals surface area contributed by atoms with Crippen LogP contribution in [-0.4, -0.2) is 50.2 Å².